The molecule has 0 spiro atoms. The Labute approximate surface area is 125 Å². The number of carbonyl (C=O) groups excluding carboxylic acids is 1. The summed E-state index contributed by atoms with van der Waals surface area (Å²) in [5.74, 6) is -0.225. The molecule has 0 aromatic heterocycles. The number of hydrogen-bond acceptors (Lipinski definition) is 5. The molecule has 6 nitrogen and oxygen atoms in total. The van der Waals surface area contributed by atoms with Crippen molar-refractivity contribution in [3.05, 3.63) is 23.7 Å². The quantitative estimate of drug-likeness (QED) is 0.577. The molecule has 118 valence electrons. The molecule has 2 rings (SSSR count). The van der Waals surface area contributed by atoms with Gasteiger partial charge in [-0.15, -0.1) is 0 Å². The van der Waals surface area contributed by atoms with Gasteiger partial charge in [0.1, 0.15) is 17.1 Å². The molecule has 21 heavy (non-hydrogen) atoms. The van der Waals surface area contributed by atoms with Crippen molar-refractivity contribution in [2.24, 2.45) is 5.41 Å². The van der Waals surface area contributed by atoms with Crippen LogP contribution in [0.4, 0.5) is 0 Å². The molecule has 2 atom stereocenters. The topological polar surface area (TPSA) is 84.8 Å². The van der Waals surface area contributed by atoms with Gasteiger partial charge in [-0.2, -0.15) is 0 Å². The van der Waals surface area contributed by atoms with Crippen molar-refractivity contribution in [2.45, 2.75) is 38.3 Å². The average molecular weight is 295 g/mol. The molecular formula is C15H25N3O3. The van der Waals surface area contributed by atoms with E-state index in [1.165, 1.54) is 0 Å². The monoisotopic (exact) mass is 295 g/mol. The predicted molar refractivity (Wildman–Crippen MR) is 80.2 cm³/mol. The number of hydrogen-bond donors (Lipinski definition) is 4. The number of carbonyl (C=O) groups is 1. The van der Waals surface area contributed by atoms with E-state index >= 15 is 0 Å². The van der Waals surface area contributed by atoms with Gasteiger partial charge in [-0.3, -0.25) is 10.1 Å². The standard InChI is InChI=1S/C15H25N3O3/c1-14(10-19)7-5-8-15(14,16-2)18(3)13(21)12-11(20)6-4-9-17-12/h4,9,16-17,19-20H,5-8,10H2,1-3H3/t14-,15?/m1/s1. The number of likely N-dealkylation sites (N-methyl/N-ethyl adjacent to an activating group) is 1. The second-order valence-electron chi connectivity index (χ2n) is 6.12. The first-order chi connectivity index (χ1) is 9.92. The molecule has 1 aliphatic heterocycles. The minimum absolute atomic E-state index is 0.00379. The van der Waals surface area contributed by atoms with E-state index in [9.17, 15) is 15.0 Å². The SMILES string of the molecule is CNC1(N(C)C(=O)C2=C(O)CC=CN2)CCC[C@]1(C)CO. The lowest BCUT2D eigenvalue weighted by atomic mass is 9.79. The van der Waals surface area contributed by atoms with Crippen molar-refractivity contribution < 1.29 is 15.0 Å². The Bertz CT molecular complexity index is 489. The Morgan fingerprint density at radius 1 is 1.52 bits per heavy atom. The highest BCUT2D eigenvalue weighted by atomic mass is 16.3. The number of nitrogens with one attached hydrogen (secondary N) is 2. The molecule has 0 radical (unpaired) electrons. The predicted octanol–water partition coefficient (Wildman–Crippen LogP) is 0.820. The first kappa shape index (κ1) is 15.9. The van der Waals surface area contributed by atoms with Gasteiger partial charge < -0.3 is 20.4 Å². The third-order valence-electron chi connectivity index (χ3n) is 5.06. The Hall–Kier alpha value is -1.53. The minimum Gasteiger partial charge on any atom is -0.510 e. The zero-order valence-corrected chi connectivity index (χ0v) is 12.9. The van der Waals surface area contributed by atoms with Crippen molar-refractivity contribution >= 4 is 5.91 Å². The molecule has 0 saturated heterocycles. The molecule has 4 N–H and O–H groups in total. The molecule has 6 heteroatoms. The molecule has 1 saturated carbocycles. The zero-order valence-electron chi connectivity index (χ0n) is 12.9. The lowest BCUT2D eigenvalue weighted by Crippen LogP contribution is -2.66. The highest BCUT2D eigenvalue weighted by molar-refractivity contribution is 5.94. The van der Waals surface area contributed by atoms with Crippen LogP contribution in [0.3, 0.4) is 0 Å². The number of aliphatic hydroxyl groups excluding tert-OH is 2. The highest BCUT2D eigenvalue weighted by Gasteiger charge is 2.55. The second-order valence-corrected chi connectivity index (χ2v) is 6.12. The summed E-state index contributed by atoms with van der Waals surface area (Å²) in [6, 6.07) is 0. The van der Waals surface area contributed by atoms with Gasteiger partial charge in [0.25, 0.3) is 5.91 Å². The smallest absolute Gasteiger partial charge is 0.275 e. The molecule has 2 aliphatic rings. The van der Waals surface area contributed by atoms with Crippen LogP contribution >= 0.6 is 0 Å². The normalized spacial score (nSPS) is 32.2. The minimum atomic E-state index is -0.616. The summed E-state index contributed by atoms with van der Waals surface area (Å²) in [6.07, 6.45) is 6.33. The summed E-state index contributed by atoms with van der Waals surface area (Å²) in [4.78, 5) is 14.4. The molecule has 1 unspecified atom stereocenters. The fourth-order valence-electron chi connectivity index (χ4n) is 3.64. The first-order valence-electron chi connectivity index (χ1n) is 7.33. The van der Waals surface area contributed by atoms with Crippen LogP contribution in [0.2, 0.25) is 0 Å². The maximum Gasteiger partial charge on any atom is 0.275 e. The van der Waals surface area contributed by atoms with E-state index in [0.717, 1.165) is 19.3 Å². The molecule has 1 fully saturated rings. The summed E-state index contributed by atoms with van der Waals surface area (Å²) in [6.45, 7) is 1.99. The van der Waals surface area contributed by atoms with Gasteiger partial charge in [0.05, 0.1) is 6.61 Å². The van der Waals surface area contributed by atoms with E-state index in [0.29, 0.717) is 6.42 Å². The summed E-state index contributed by atoms with van der Waals surface area (Å²) in [5, 5.41) is 25.8. The van der Waals surface area contributed by atoms with Crippen LogP contribution in [-0.4, -0.2) is 47.4 Å². The van der Waals surface area contributed by atoms with Crippen LogP contribution in [-0.2, 0) is 4.79 Å². The lowest BCUT2D eigenvalue weighted by molar-refractivity contribution is -0.140. The van der Waals surface area contributed by atoms with Gasteiger partial charge in [0.15, 0.2) is 0 Å². The molecular weight excluding hydrogens is 270 g/mol. The van der Waals surface area contributed by atoms with Crippen molar-refractivity contribution in [1.82, 2.24) is 15.5 Å². The van der Waals surface area contributed by atoms with Gasteiger partial charge in [-0.1, -0.05) is 13.0 Å². The van der Waals surface area contributed by atoms with Gasteiger partial charge in [0.2, 0.25) is 0 Å². The van der Waals surface area contributed by atoms with Crippen LogP contribution in [0.5, 0.6) is 0 Å². The van der Waals surface area contributed by atoms with Crippen molar-refractivity contribution in [2.75, 3.05) is 20.7 Å². The van der Waals surface area contributed by atoms with E-state index in [1.807, 2.05) is 14.0 Å². The van der Waals surface area contributed by atoms with Gasteiger partial charge in [0, 0.05) is 18.9 Å². The summed E-state index contributed by atoms with van der Waals surface area (Å²) < 4.78 is 0. The second kappa shape index (κ2) is 5.69. The van der Waals surface area contributed by atoms with Crippen LogP contribution < -0.4 is 10.6 Å². The summed E-state index contributed by atoms with van der Waals surface area (Å²) in [7, 11) is 3.53. The molecule has 0 bridgehead atoms. The maximum absolute atomic E-state index is 12.8. The van der Waals surface area contributed by atoms with E-state index in [1.54, 1.807) is 24.2 Å². The Kier molecular flexibility index (Phi) is 4.30. The van der Waals surface area contributed by atoms with Crippen LogP contribution in [0.25, 0.3) is 0 Å². The molecule has 1 amide bonds. The molecule has 1 heterocycles. The van der Waals surface area contributed by atoms with Crippen molar-refractivity contribution in [3.8, 4) is 0 Å². The molecule has 0 aromatic rings. The average Bonchev–Trinajstić information content (AvgIpc) is 2.84. The fraction of sp³-hybridized carbons (Fsp3) is 0.667. The summed E-state index contributed by atoms with van der Waals surface area (Å²) >= 11 is 0. The maximum atomic E-state index is 12.8. The molecule has 1 aliphatic carbocycles. The number of rotatable bonds is 4. The Balaban J connectivity index is 2.33. The number of amides is 1. The third-order valence-corrected chi connectivity index (χ3v) is 5.06. The van der Waals surface area contributed by atoms with Crippen molar-refractivity contribution in [1.29, 1.82) is 0 Å². The Morgan fingerprint density at radius 3 is 2.81 bits per heavy atom. The Morgan fingerprint density at radius 2 is 2.24 bits per heavy atom. The summed E-state index contributed by atoms with van der Waals surface area (Å²) in [5.41, 5.74) is -0.816. The van der Waals surface area contributed by atoms with E-state index in [2.05, 4.69) is 10.6 Å². The third kappa shape index (κ3) is 2.32. The van der Waals surface area contributed by atoms with Gasteiger partial charge >= 0.3 is 0 Å². The number of dihydropyridines is 1. The van der Waals surface area contributed by atoms with E-state index in [4.69, 9.17) is 0 Å². The largest absolute Gasteiger partial charge is 0.510 e. The lowest BCUT2D eigenvalue weighted by Gasteiger charge is -2.49. The van der Waals surface area contributed by atoms with Crippen LogP contribution in [0, 0.1) is 5.41 Å². The number of allylic oxidation sites excluding steroid dienone is 1. The van der Waals surface area contributed by atoms with Gasteiger partial charge in [-0.05, 0) is 32.5 Å². The van der Waals surface area contributed by atoms with Gasteiger partial charge in [-0.25, -0.2) is 0 Å². The van der Waals surface area contributed by atoms with E-state index < -0.39 is 11.1 Å². The molecule has 0 aromatic carbocycles. The van der Waals surface area contributed by atoms with E-state index in [-0.39, 0.29) is 24.0 Å². The zero-order chi connectivity index (χ0) is 15.7. The van der Waals surface area contributed by atoms with Crippen LogP contribution in [0.15, 0.2) is 23.7 Å². The van der Waals surface area contributed by atoms with Crippen molar-refractivity contribution in [3.63, 3.8) is 0 Å². The first-order valence-corrected chi connectivity index (χ1v) is 7.33. The highest BCUT2D eigenvalue weighted by Crippen LogP contribution is 2.47. The number of nitrogens with zero attached hydrogens (tertiary/aromatic N) is 1. The van der Waals surface area contributed by atoms with Crippen LogP contribution in [0.1, 0.15) is 32.6 Å². The fourth-order valence-corrected chi connectivity index (χ4v) is 3.64. The number of aliphatic hydroxyl groups is 2.